The first-order valence-electron chi connectivity index (χ1n) is 8.77. The number of piperidine rings is 1. The number of rotatable bonds is 4. The molecule has 2 heterocycles. The first kappa shape index (κ1) is 19.8. The molecule has 1 aliphatic rings. The summed E-state index contributed by atoms with van der Waals surface area (Å²) < 4.78 is 41.2. The molecule has 2 rings (SSSR count). The van der Waals surface area contributed by atoms with E-state index in [0.717, 1.165) is 25.8 Å². The van der Waals surface area contributed by atoms with Gasteiger partial charge in [-0.1, -0.05) is 13.8 Å². The largest absolute Gasteiger partial charge is 0.402 e. The molecule has 1 aliphatic heterocycles. The van der Waals surface area contributed by atoms with Gasteiger partial charge in [0.25, 0.3) is 0 Å². The van der Waals surface area contributed by atoms with Gasteiger partial charge in [0.05, 0.1) is 11.7 Å². The maximum atomic E-state index is 13.1. The fourth-order valence-corrected chi connectivity index (χ4v) is 3.17. The Morgan fingerprint density at radius 3 is 2.32 bits per heavy atom. The minimum atomic E-state index is -4.54. The highest BCUT2D eigenvalue weighted by Gasteiger charge is 2.54. The third-order valence-electron chi connectivity index (χ3n) is 5.20. The van der Waals surface area contributed by atoms with Crippen molar-refractivity contribution in [2.45, 2.75) is 65.6 Å². The second-order valence-electron chi connectivity index (χ2n) is 8.30. The van der Waals surface area contributed by atoms with Gasteiger partial charge in [0.1, 0.15) is 5.41 Å². The molecule has 1 aromatic heterocycles. The Kier molecular flexibility index (Phi) is 5.26. The van der Waals surface area contributed by atoms with Crippen LogP contribution in [0.2, 0.25) is 0 Å². The Morgan fingerprint density at radius 2 is 1.84 bits per heavy atom. The minimum Gasteiger partial charge on any atom is -0.342 e. The van der Waals surface area contributed by atoms with Gasteiger partial charge in [0.2, 0.25) is 5.91 Å². The van der Waals surface area contributed by atoms with Crippen molar-refractivity contribution in [1.29, 1.82) is 0 Å². The number of halogens is 3. The summed E-state index contributed by atoms with van der Waals surface area (Å²) in [5.74, 6) is -0.308. The number of aromatic nitrogens is 2. The maximum absolute atomic E-state index is 13.1. The summed E-state index contributed by atoms with van der Waals surface area (Å²) in [6.45, 7) is 8.87. The van der Waals surface area contributed by atoms with Crippen molar-refractivity contribution in [3.63, 3.8) is 0 Å². The van der Waals surface area contributed by atoms with Crippen LogP contribution in [-0.2, 0) is 16.8 Å². The molecule has 0 aromatic carbocycles. The van der Waals surface area contributed by atoms with Crippen LogP contribution in [0.3, 0.4) is 0 Å². The highest BCUT2D eigenvalue weighted by atomic mass is 19.4. The molecule has 0 atom stereocenters. The van der Waals surface area contributed by atoms with Crippen LogP contribution in [0.4, 0.5) is 13.2 Å². The smallest absolute Gasteiger partial charge is 0.342 e. The van der Waals surface area contributed by atoms with E-state index in [9.17, 15) is 18.0 Å². The average Bonchev–Trinajstić information content (AvgIpc) is 2.94. The second-order valence-corrected chi connectivity index (χ2v) is 8.30. The molecule has 1 amide bonds. The van der Waals surface area contributed by atoms with Gasteiger partial charge in [0, 0.05) is 19.3 Å². The van der Waals surface area contributed by atoms with Crippen molar-refractivity contribution in [3.8, 4) is 0 Å². The Morgan fingerprint density at radius 1 is 1.28 bits per heavy atom. The molecule has 1 fully saturated rings. The summed E-state index contributed by atoms with van der Waals surface area (Å²) in [4.78, 5) is 13.7. The van der Waals surface area contributed by atoms with E-state index in [1.165, 1.54) is 4.90 Å². The van der Waals surface area contributed by atoms with Crippen molar-refractivity contribution in [2.24, 2.45) is 11.3 Å². The van der Waals surface area contributed by atoms with Crippen LogP contribution in [0.15, 0.2) is 12.4 Å². The molecule has 142 valence electrons. The molecule has 0 radical (unpaired) electrons. The quantitative estimate of drug-likeness (QED) is 0.815. The molecule has 1 saturated heterocycles. The Hall–Kier alpha value is -1.53. The van der Waals surface area contributed by atoms with E-state index in [2.05, 4.69) is 25.9 Å². The second kappa shape index (κ2) is 6.65. The lowest BCUT2D eigenvalue weighted by atomic mass is 9.86. The third kappa shape index (κ3) is 4.01. The van der Waals surface area contributed by atoms with Gasteiger partial charge in [-0.25, -0.2) is 0 Å². The molecule has 25 heavy (non-hydrogen) atoms. The van der Waals surface area contributed by atoms with E-state index in [4.69, 9.17) is 0 Å². The molecule has 1 aromatic rings. The van der Waals surface area contributed by atoms with Gasteiger partial charge in [-0.05, 0) is 51.5 Å². The number of likely N-dealkylation sites (tertiary alicyclic amines) is 1. The Labute approximate surface area is 147 Å². The van der Waals surface area contributed by atoms with E-state index in [0.29, 0.717) is 31.8 Å². The van der Waals surface area contributed by atoms with Crippen molar-refractivity contribution in [3.05, 3.63) is 18.0 Å². The van der Waals surface area contributed by atoms with Gasteiger partial charge < -0.3 is 4.90 Å². The predicted octanol–water partition coefficient (Wildman–Crippen LogP) is 4.01. The standard InChI is InChI=1S/C18H28F3N3O/c1-13(2)10-14-11-22-24(12-14)17(5)6-8-23(9-7-17)15(25)16(3,4)18(19,20)21/h11-13H,6-10H2,1-5H3. The summed E-state index contributed by atoms with van der Waals surface area (Å²) in [7, 11) is 0. The molecule has 0 N–H and O–H groups in total. The number of amides is 1. The van der Waals surface area contributed by atoms with E-state index in [-0.39, 0.29) is 5.54 Å². The lowest BCUT2D eigenvalue weighted by Crippen LogP contribution is -2.53. The molecule has 4 nitrogen and oxygen atoms in total. The highest BCUT2D eigenvalue weighted by molar-refractivity contribution is 5.83. The third-order valence-corrected chi connectivity index (χ3v) is 5.20. The van der Waals surface area contributed by atoms with Crippen molar-refractivity contribution >= 4 is 5.91 Å². The van der Waals surface area contributed by atoms with Crippen LogP contribution in [0.1, 0.15) is 53.0 Å². The molecule has 0 bridgehead atoms. The van der Waals surface area contributed by atoms with Crippen molar-refractivity contribution in [2.75, 3.05) is 13.1 Å². The lowest BCUT2D eigenvalue weighted by Gasteiger charge is -2.42. The van der Waals surface area contributed by atoms with E-state index >= 15 is 0 Å². The van der Waals surface area contributed by atoms with Crippen LogP contribution < -0.4 is 0 Å². The van der Waals surface area contributed by atoms with Crippen molar-refractivity contribution < 1.29 is 18.0 Å². The SMILES string of the molecule is CC(C)Cc1cnn(C2(C)CCN(C(=O)C(C)(C)C(F)(F)F)CC2)c1. The van der Waals surface area contributed by atoms with Gasteiger partial charge in [0.15, 0.2) is 0 Å². The fraction of sp³-hybridized carbons (Fsp3) is 0.778. The number of carbonyl (C=O) groups is 1. The molecule has 0 unspecified atom stereocenters. The number of carbonyl (C=O) groups excluding carboxylic acids is 1. The maximum Gasteiger partial charge on any atom is 0.402 e. The monoisotopic (exact) mass is 359 g/mol. The lowest BCUT2D eigenvalue weighted by molar-refractivity contribution is -0.218. The minimum absolute atomic E-state index is 0.269. The first-order chi connectivity index (χ1) is 11.4. The fourth-order valence-electron chi connectivity index (χ4n) is 3.17. The Balaban J connectivity index is 2.05. The van der Waals surface area contributed by atoms with Crippen LogP contribution in [0.5, 0.6) is 0 Å². The number of nitrogens with zero attached hydrogens (tertiary/aromatic N) is 3. The normalized spacial score (nSPS) is 18.7. The summed E-state index contributed by atoms with van der Waals surface area (Å²) >= 11 is 0. The summed E-state index contributed by atoms with van der Waals surface area (Å²) in [5.41, 5.74) is -1.46. The molecular weight excluding hydrogens is 331 g/mol. The summed E-state index contributed by atoms with van der Waals surface area (Å²) in [5, 5.41) is 4.46. The van der Waals surface area contributed by atoms with Gasteiger partial charge in [-0.2, -0.15) is 18.3 Å². The van der Waals surface area contributed by atoms with Gasteiger partial charge in [-0.3, -0.25) is 9.48 Å². The molecule has 7 heteroatoms. The van der Waals surface area contributed by atoms with E-state index in [1.54, 1.807) is 0 Å². The number of hydrogen-bond acceptors (Lipinski definition) is 2. The zero-order valence-corrected chi connectivity index (χ0v) is 15.7. The average molecular weight is 359 g/mol. The Bertz CT molecular complexity index is 611. The van der Waals surface area contributed by atoms with Crippen LogP contribution in [0.25, 0.3) is 0 Å². The van der Waals surface area contributed by atoms with Crippen LogP contribution in [-0.4, -0.2) is 39.9 Å². The molecule has 0 aliphatic carbocycles. The summed E-state index contributed by atoms with van der Waals surface area (Å²) in [6, 6.07) is 0. The predicted molar refractivity (Wildman–Crippen MR) is 90.1 cm³/mol. The first-order valence-corrected chi connectivity index (χ1v) is 8.77. The number of hydrogen-bond donors (Lipinski definition) is 0. The van der Waals surface area contributed by atoms with Crippen LogP contribution >= 0.6 is 0 Å². The number of alkyl halides is 3. The highest BCUT2D eigenvalue weighted by Crippen LogP contribution is 2.40. The zero-order valence-electron chi connectivity index (χ0n) is 15.7. The molecule has 0 saturated carbocycles. The van der Waals surface area contributed by atoms with E-state index in [1.807, 2.05) is 17.1 Å². The van der Waals surface area contributed by atoms with Crippen LogP contribution in [0, 0.1) is 11.3 Å². The topological polar surface area (TPSA) is 38.1 Å². The van der Waals surface area contributed by atoms with Gasteiger partial charge in [-0.15, -0.1) is 0 Å². The molecular formula is C18H28F3N3O. The van der Waals surface area contributed by atoms with Gasteiger partial charge >= 0.3 is 6.18 Å². The van der Waals surface area contributed by atoms with Crippen molar-refractivity contribution in [1.82, 2.24) is 14.7 Å². The summed E-state index contributed by atoms with van der Waals surface area (Å²) in [6.07, 6.45) is 1.47. The zero-order chi connectivity index (χ0) is 19.0. The molecule has 0 spiro atoms. The van der Waals surface area contributed by atoms with E-state index < -0.39 is 17.5 Å².